The third-order valence-electron chi connectivity index (χ3n) is 5.44. The van der Waals surface area contributed by atoms with Crippen molar-refractivity contribution >= 4 is 42.2 Å². The molecule has 1 unspecified atom stereocenters. The minimum atomic E-state index is -1.57. The van der Waals surface area contributed by atoms with Crippen molar-refractivity contribution in [2.24, 2.45) is 0 Å². The molecule has 0 N–H and O–H groups in total. The molecule has 148 valence electrons. The molecule has 0 aliphatic heterocycles. The first-order chi connectivity index (χ1) is 13.3. The van der Waals surface area contributed by atoms with Crippen LogP contribution in [0.1, 0.15) is 69.5 Å². The van der Waals surface area contributed by atoms with E-state index in [1.807, 2.05) is 32.9 Å². The molecular weight excluding hydrogens is 410 g/mol. The first-order valence-corrected chi connectivity index (χ1v) is 11.9. The molecule has 2 aromatic rings. The van der Waals surface area contributed by atoms with Crippen molar-refractivity contribution < 1.29 is 9.59 Å². The Kier molecular flexibility index (Phi) is 6.97. The van der Waals surface area contributed by atoms with E-state index in [2.05, 4.69) is 0 Å². The van der Waals surface area contributed by atoms with Crippen molar-refractivity contribution in [2.75, 3.05) is 0 Å². The van der Waals surface area contributed by atoms with Crippen molar-refractivity contribution in [3.63, 3.8) is 0 Å². The summed E-state index contributed by atoms with van der Waals surface area (Å²) in [5.74, 6) is 0. The second kappa shape index (κ2) is 9.08. The summed E-state index contributed by atoms with van der Waals surface area (Å²) in [5, 5.41) is 0.650. The predicted octanol–water partition coefficient (Wildman–Crippen LogP) is 7.71. The van der Waals surface area contributed by atoms with Crippen molar-refractivity contribution in [2.45, 2.75) is 58.5 Å². The monoisotopic (exact) mass is 434 g/mol. The Hall–Kier alpha value is -1.21. The first kappa shape index (κ1) is 21.5. The minimum absolute atomic E-state index is 0.0297. The molecule has 1 aliphatic carbocycles. The molecule has 0 amide bonds. The van der Waals surface area contributed by atoms with E-state index < -0.39 is 7.92 Å². The maximum atomic E-state index is 13.8. The van der Waals surface area contributed by atoms with Gasteiger partial charge in [0.25, 0.3) is 0 Å². The average Bonchev–Trinajstić information content (AvgIpc) is 2.62. The van der Waals surface area contributed by atoms with Gasteiger partial charge in [-0.3, -0.25) is 9.59 Å². The Labute approximate surface area is 178 Å². The quantitative estimate of drug-likeness (QED) is 0.451. The Balaban J connectivity index is 2.10. The molecule has 1 atom stereocenters. The first-order valence-electron chi connectivity index (χ1n) is 9.71. The number of aryl methyl sites for hydroxylation is 3. The SMILES string of the molecule is Cc1cc(C)c(C(=O)P(C(=O)c2c(Cl)cccc2Cl)C2CCCCC2)c(C)c1. The van der Waals surface area contributed by atoms with Crippen LogP contribution in [0.2, 0.25) is 10.0 Å². The van der Waals surface area contributed by atoms with Gasteiger partial charge in [0.2, 0.25) is 0 Å². The molecule has 1 fully saturated rings. The standard InChI is InChI=1S/C23H25Cl2O2P/c1-14-12-15(2)20(16(3)13-14)22(26)28(17-8-5-4-6-9-17)23(27)21-18(24)10-7-11-19(21)25/h7,10-13,17H,4-6,8-9H2,1-3H3. The predicted molar refractivity (Wildman–Crippen MR) is 120 cm³/mol. The summed E-state index contributed by atoms with van der Waals surface area (Å²) in [5.41, 5.74) is 3.87. The van der Waals surface area contributed by atoms with Gasteiger partial charge >= 0.3 is 0 Å². The minimum Gasteiger partial charge on any atom is -0.289 e. The van der Waals surface area contributed by atoms with E-state index in [9.17, 15) is 9.59 Å². The molecule has 1 saturated carbocycles. The van der Waals surface area contributed by atoms with E-state index in [0.29, 0.717) is 21.2 Å². The third-order valence-corrected chi connectivity index (χ3v) is 8.64. The van der Waals surface area contributed by atoms with E-state index in [4.69, 9.17) is 23.2 Å². The van der Waals surface area contributed by atoms with Crippen molar-refractivity contribution in [3.8, 4) is 0 Å². The normalized spacial score (nSPS) is 16.0. The topological polar surface area (TPSA) is 34.1 Å². The second-order valence-corrected chi connectivity index (χ2v) is 10.7. The summed E-state index contributed by atoms with van der Waals surface area (Å²) in [7, 11) is -1.57. The zero-order valence-electron chi connectivity index (χ0n) is 16.5. The van der Waals surface area contributed by atoms with Gasteiger partial charge in [-0.15, -0.1) is 0 Å². The molecule has 28 heavy (non-hydrogen) atoms. The largest absolute Gasteiger partial charge is 0.289 e. The molecule has 3 rings (SSSR count). The molecule has 2 aromatic carbocycles. The fraction of sp³-hybridized carbons (Fsp3) is 0.391. The van der Waals surface area contributed by atoms with Gasteiger partial charge in [-0.1, -0.05) is 66.2 Å². The van der Waals surface area contributed by atoms with E-state index in [1.165, 1.54) is 0 Å². The maximum Gasteiger partial charge on any atom is 0.195 e. The lowest BCUT2D eigenvalue weighted by Crippen LogP contribution is -2.21. The fourth-order valence-electron chi connectivity index (χ4n) is 4.22. The van der Waals surface area contributed by atoms with Gasteiger partial charge in [0, 0.05) is 13.5 Å². The van der Waals surface area contributed by atoms with Crippen LogP contribution in [0, 0.1) is 20.8 Å². The number of rotatable bonds is 5. The van der Waals surface area contributed by atoms with Crippen LogP contribution in [-0.4, -0.2) is 16.7 Å². The Bertz CT molecular complexity index is 874. The van der Waals surface area contributed by atoms with E-state index in [1.54, 1.807) is 18.2 Å². The lowest BCUT2D eigenvalue weighted by molar-refractivity contribution is 0.104. The molecule has 5 heteroatoms. The number of benzene rings is 2. The van der Waals surface area contributed by atoms with E-state index in [0.717, 1.165) is 48.8 Å². The van der Waals surface area contributed by atoms with Crippen molar-refractivity contribution in [1.82, 2.24) is 0 Å². The van der Waals surface area contributed by atoms with Gasteiger partial charge in [0.1, 0.15) is 0 Å². The van der Waals surface area contributed by atoms with Gasteiger partial charge in [-0.2, -0.15) is 0 Å². The zero-order chi connectivity index (χ0) is 20.4. The molecule has 2 nitrogen and oxygen atoms in total. The molecule has 0 aromatic heterocycles. The number of halogens is 2. The Morgan fingerprint density at radius 3 is 1.89 bits per heavy atom. The number of hydrogen-bond acceptors (Lipinski definition) is 2. The molecule has 0 heterocycles. The maximum absolute atomic E-state index is 13.8. The highest BCUT2D eigenvalue weighted by atomic mass is 35.5. The van der Waals surface area contributed by atoms with Crippen molar-refractivity contribution in [3.05, 3.63) is 68.2 Å². The Morgan fingerprint density at radius 1 is 0.857 bits per heavy atom. The molecule has 0 spiro atoms. The highest BCUT2D eigenvalue weighted by Crippen LogP contribution is 2.54. The summed E-state index contributed by atoms with van der Waals surface area (Å²) >= 11 is 12.7. The number of carbonyl (C=O) groups is 2. The zero-order valence-corrected chi connectivity index (χ0v) is 18.9. The number of carbonyl (C=O) groups excluding carboxylic acids is 2. The van der Waals surface area contributed by atoms with Crippen LogP contribution in [0.3, 0.4) is 0 Å². The van der Waals surface area contributed by atoms with E-state index >= 15 is 0 Å². The second-order valence-electron chi connectivity index (χ2n) is 7.64. The number of hydrogen-bond donors (Lipinski definition) is 0. The molecule has 0 radical (unpaired) electrons. The van der Waals surface area contributed by atoms with Crippen LogP contribution in [0.15, 0.2) is 30.3 Å². The van der Waals surface area contributed by atoms with Crippen LogP contribution in [0.4, 0.5) is 0 Å². The molecule has 0 bridgehead atoms. The van der Waals surface area contributed by atoms with Gasteiger partial charge in [-0.25, -0.2) is 0 Å². The molecular formula is C23H25Cl2O2P. The van der Waals surface area contributed by atoms with Crippen molar-refractivity contribution in [1.29, 1.82) is 0 Å². The van der Waals surface area contributed by atoms with Crippen LogP contribution in [0.5, 0.6) is 0 Å². The lowest BCUT2D eigenvalue weighted by Gasteiger charge is -2.29. The van der Waals surface area contributed by atoms with Gasteiger partial charge in [0.15, 0.2) is 11.0 Å². The van der Waals surface area contributed by atoms with E-state index in [-0.39, 0.29) is 16.7 Å². The summed E-state index contributed by atoms with van der Waals surface area (Å²) < 4.78 is 0. The molecule has 0 saturated heterocycles. The summed E-state index contributed by atoms with van der Waals surface area (Å²) in [4.78, 5) is 27.4. The lowest BCUT2D eigenvalue weighted by atomic mass is 10.0. The Morgan fingerprint density at radius 2 is 1.36 bits per heavy atom. The smallest absolute Gasteiger partial charge is 0.195 e. The van der Waals surface area contributed by atoms with Crippen LogP contribution < -0.4 is 0 Å². The third kappa shape index (κ3) is 4.35. The highest BCUT2D eigenvalue weighted by Gasteiger charge is 2.38. The highest BCUT2D eigenvalue weighted by molar-refractivity contribution is 7.90. The van der Waals surface area contributed by atoms with Gasteiger partial charge in [0.05, 0.1) is 15.6 Å². The van der Waals surface area contributed by atoms with Gasteiger partial charge < -0.3 is 0 Å². The van der Waals surface area contributed by atoms with Gasteiger partial charge in [-0.05, 0) is 62.5 Å². The van der Waals surface area contributed by atoms with Crippen LogP contribution in [0.25, 0.3) is 0 Å². The van der Waals surface area contributed by atoms with Crippen LogP contribution >= 0.6 is 31.1 Å². The van der Waals surface area contributed by atoms with Crippen LogP contribution in [-0.2, 0) is 0 Å². The molecule has 1 aliphatic rings. The average molecular weight is 435 g/mol. The summed E-state index contributed by atoms with van der Waals surface area (Å²) in [6.45, 7) is 5.93. The fourth-order valence-corrected chi connectivity index (χ4v) is 7.73. The summed E-state index contributed by atoms with van der Waals surface area (Å²) in [6.07, 6.45) is 5.11. The summed E-state index contributed by atoms with van der Waals surface area (Å²) in [6, 6.07) is 9.09.